The van der Waals surface area contributed by atoms with Gasteiger partial charge in [0.05, 0.1) is 0 Å². The van der Waals surface area contributed by atoms with Crippen molar-refractivity contribution in [2.45, 2.75) is 135 Å². The van der Waals surface area contributed by atoms with Crippen LogP contribution >= 0.6 is 0 Å². The molecule has 186 valence electrons. The predicted octanol–water partition coefficient (Wildman–Crippen LogP) is 4.94. The van der Waals surface area contributed by atoms with Crippen molar-refractivity contribution in [2.75, 3.05) is 0 Å². The molecule has 0 aromatic heterocycles. The maximum absolute atomic E-state index is 11.6. The summed E-state index contributed by atoms with van der Waals surface area (Å²) in [5.74, 6) is 0.531. The Morgan fingerprint density at radius 3 is 1.70 bits per heavy atom. The fraction of sp³-hybridized carbons (Fsp3) is 0.778. The van der Waals surface area contributed by atoms with E-state index in [1.165, 1.54) is 96.5 Å². The second kappa shape index (κ2) is 18.2. The van der Waals surface area contributed by atoms with E-state index < -0.39 is 15.1 Å². The quantitative estimate of drug-likeness (QED) is 0.157. The van der Waals surface area contributed by atoms with Crippen molar-refractivity contribution in [1.29, 1.82) is 0 Å². The predicted molar refractivity (Wildman–Crippen MR) is 134 cm³/mol. The largest absolute Gasteiger partial charge is 1.00 e. The number of benzene rings is 1. The molecule has 1 rings (SSSR count). The molecule has 6 heteroatoms. The zero-order valence-electron chi connectivity index (χ0n) is 22.1. The molecule has 0 atom stereocenters. The maximum Gasteiger partial charge on any atom is 1.00 e. The second-order valence-electron chi connectivity index (χ2n) is 9.64. The average molecular weight is 491 g/mol. The van der Waals surface area contributed by atoms with Gasteiger partial charge in [-0.15, -0.1) is 0 Å². The summed E-state index contributed by atoms with van der Waals surface area (Å²) in [6.07, 6.45) is 19.4. The molecule has 0 saturated heterocycles. The number of unbranched alkanes of at least 4 members (excludes halogenated alkanes) is 12. The Morgan fingerprint density at radius 1 is 0.758 bits per heavy atom. The Balaban J connectivity index is 0.0000102. The fourth-order valence-electron chi connectivity index (χ4n) is 3.96. The van der Waals surface area contributed by atoms with Crippen molar-refractivity contribution in [1.82, 2.24) is 0 Å². The van der Waals surface area contributed by atoms with Gasteiger partial charge in [0.1, 0.15) is 15.9 Å². The van der Waals surface area contributed by atoms with Gasteiger partial charge in [0.25, 0.3) is 0 Å². The first kappa shape index (κ1) is 32.9. The Kier molecular flexibility index (Phi) is 18.2. The van der Waals surface area contributed by atoms with Gasteiger partial charge in [-0.2, -0.15) is 0 Å². The molecule has 0 saturated carbocycles. The van der Waals surface area contributed by atoms with Crippen LogP contribution in [0.1, 0.15) is 129 Å². The van der Waals surface area contributed by atoms with Crippen LogP contribution in [0.25, 0.3) is 0 Å². The fourth-order valence-corrected chi connectivity index (χ4v) is 4.15. The van der Waals surface area contributed by atoms with Gasteiger partial charge in [-0.1, -0.05) is 103 Å². The van der Waals surface area contributed by atoms with Gasteiger partial charge >= 0.3 is 29.6 Å². The van der Waals surface area contributed by atoms with Gasteiger partial charge < -0.3 is 9.29 Å². The third-order valence-electron chi connectivity index (χ3n) is 6.20. The summed E-state index contributed by atoms with van der Waals surface area (Å²) in [4.78, 5) is -1.78. The van der Waals surface area contributed by atoms with Crippen LogP contribution in [0.3, 0.4) is 0 Å². The maximum atomic E-state index is 11.6. The second-order valence-corrected chi connectivity index (χ2v) is 11.5. The van der Waals surface area contributed by atoms with E-state index in [1.54, 1.807) is 0 Å². The van der Waals surface area contributed by atoms with Crippen LogP contribution in [0, 0.1) is 0 Å². The van der Waals surface area contributed by atoms with Crippen molar-refractivity contribution < 1.29 is 47.3 Å². The van der Waals surface area contributed by atoms with Crippen LogP contribution in [0.4, 0.5) is 0 Å². The van der Waals surface area contributed by atoms with Crippen LogP contribution in [0.5, 0.6) is 5.75 Å². The molecule has 0 aliphatic carbocycles. The molecule has 0 aliphatic rings. The summed E-state index contributed by atoms with van der Waals surface area (Å²) in [5, 5.41) is 0. The summed E-state index contributed by atoms with van der Waals surface area (Å²) in [6, 6.07) is 6.05. The first-order chi connectivity index (χ1) is 15.2. The Bertz CT molecular complexity index is 732. The first-order valence-electron chi connectivity index (χ1n) is 13.0. The molecule has 0 aliphatic heterocycles. The minimum Gasteiger partial charge on any atom is -0.745 e. The zero-order chi connectivity index (χ0) is 23.9. The SMILES string of the molecule is CCCCCCCCCc1ccc(OC(C)(C)S(=O)(=O)[O-])c(CCCCCCCCC)c1.[Na+]. The van der Waals surface area contributed by atoms with Crippen molar-refractivity contribution in [3.8, 4) is 5.75 Å². The third-order valence-corrected chi connectivity index (χ3v) is 7.49. The van der Waals surface area contributed by atoms with Gasteiger partial charge in [0, 0.05) is 0 Å². The first-order valence-corrected chi connectivity index (χ1v) is 14.4. The molecule has 0 fully saturated rings. The summed E-state index contributed by atoms with van der Waals surface area (Å²) < 4.78 is 40.6. The van der Waals surface area contributed by atoms with Crippen molar-refractivity contribution >= 4 is 10.1 Å². The van der Waals surface area contributed by atoms with Gasteiger partial charge in [-0.25, -0.2) is 8.42 Å². The van der Waals surface area contributed by atoms with Crippen molar-refractivity contribution in [2.24, 2.45) is 0 Å². The molecule has 0 radical (unpaired) electrons. The van der Waals surface area contributed by atoms with E-state index >= 15 is 0 Å². The number of hydrogen-bond donors (Lipinski definition) is 0. The molecule has 0 spiro atoms. The monoisotopic (exact) mass is 490 g/mol. The smallest absolute Gasteiger partial charge is 0.745 e. The molecule has 0 unspecified atom stereocenters. The number of hydrogen-bond acceptors (Lipinski definition) is 4. The summed E-state index contributed by atoms with van der Waals surface area (Å²) >= 11 is 0. The van der Waals surface area contributed by atoms with Crippen LogP contribution in [-0.4, -0.2) is 17.9 Å². The molecule has 0 amide bonds. The van der Waals surface area contributed by atoms with E-state index in [4.69, 9.17) is 4.74 Å². The van der Waals surface area contributed by atoms with E-state index in [0.717, 1.165) is 31.2 Å². The Labute approximate surface area is 226 Å². The molecule has 0 heterocycles. The van der Waals surface area contributed by atoms with Crippen LogP contribution in [0.15, 0.2) is 18.2 Å². The molecular formula is C27H47NaO4S. The molecule has 1 aromatic carbocycles. The van der Waals surface area contributed by atoms with E-state index in [1.807, 2.05) is 12.1 Å². The van der Waals surface area contributed by atoms with Gasteiger partial charge in [0.15, 0.2) is 4.93 Å². The number of aryl methyl sites for hydroxylation is 2. The van der Waals surface area contributed by atoms with Crippen molar-refractivity contribution in [3.05, 3.63) is 29.3 Å². The summed E-state index contributed by atoms with van der Waals surface area (Å²) in [6.45, 7) is 7.13. The van der Waals surface area contributed by atoms with Crippen molar-refractivity contribution in [3.63, 3.8) is 0 Å². The molecule has 33 heavy (non-hydrogen) atoms. The van der Waals surface area contributed by atoms with Gasteiger partial charge in [-0.3, -0.25) is 0 Å². The Morgan fingerprint density at radius 2 is 1.21 bits per heavy atom. The normalized spacial score (nSPS) is 11.9. The van der Waals surface area contributed by atoms with Gasteiger partial charge in [-0.05, 0) is 56.7 Å². The molecular weight excluding hydrogens is 443 g/mol. The molecule has 1 aromatic rings. The van der Waals surface area contributed by atoms with Gasteiger partial charge in [0.2, 0.25) is 0 Å². The van der Waals surface area contributed by atoms with E-state index in [0.29, 0.717) is 5.75 Å². The average Bonchev–Trinajstić information content (AvgIpc) is 2.73. The Hall–Kier alpha value is -0.0700. The van der Waals surface area contributed by atoms with E-state index in [-0.39, 0.29) is 29.6 Å². The number of ether oxygens (including phenoxy) is 1. The summed E-state index contributed by atoms with van der Waals surface area (Å²) in [7, 11) is -4.57. The topological polar surface area (TPSA) is 66.4 Å². The summed E-state index contributed by atoms with van der Waals surface area (Å²) in [5.41, 5.74) is 2.29. The van der Waals surface area contributed by atoms with E-state index in [9.17, 15) is 13.0 Å². The van der Waals surface area contributed by atoms with Crippen LogP contribution in [-0.2, 0) is 23.0 Å². The minimum atomic E-state index is -4.57. The minimum absolute atomic E-state index is 0. The zero-order valence-corrected chi connectivity index (χ0v) is 24.9. The molecule has 0 bridgehead atoms. The van der Waals surface area contributed by atoms with Crippen LogP contribution < -0.4 is 34.3 Å². The molecule has 4 nitrogen and oxygen atoms in total. The molecule has 0 N–H and O–H groups in total. The standard InChI is InChI=1S/C27H48O4S.Na/c1-5-7-9-11-13-15-17-19-24-21-22-26(31-27(3,4)32(28,29)30)25(23-24)20-18-16-14-12-10-8-6-2;/h21-23H,5-20H2,1-4H3,(H,28,29,30);/q;+1/p-1. The van der Waals surface area contributed by atoms with Crippen LogP contribution in [0.2, 0.25) is 0 Å². The van der Waals surface area contributed by atoms with E-state index in [2.05, 4.69) is 19.9 Å². The number of rotatable bonds is 19. The third kappa shape index (κ3) is 14.2.